The Kier molecular flexibility index (Phi) is 4.44. The lowest BCUT2D eigenvalue weighted by molar-refractivity contribution is 0.249. The number of aromatic nitrogens is 1. The van der Waals surface area contributed by atoms with E-state index in [-0.39, 0.29) is 0 Å². The van der Waals surface area contributed by atoms with Gasteiger partial charge in [0, 0.05) is 50.3 Å². The molecular weight excluding hydrogens is 270 g/mol. The molecule has 22 heavy (non-hydrogen) atoms. The van der Waals surface area contributed by atoms with Gasteiger partial charge in [0.2, 0.25) is 0 Å². The largest absolute Gasteiger partial charge is 0.369 e. The van der Waals surface area contributed by atoms with Crippen LogP contribution < -0.4 is 4.90 Å². The SMILES string of the molecule is Cc1cccc(N2CCN(Cc3cccnc3C)CC2)c1C. The predicted octanol–water partition coefficient (Wildman–Crippen LogP) is 3.33. The molecule has 0 amide bonds. The lowest BCUT2D eigenvalue weighted by Crippen LogP contribution is -2.46. The number of aryl methyl sites for hydroxylation is 2. The molecule has 1 aromatic carbocycles. The first-order chi connectivity index (χ1) is 10.6. The second-order valence-electron chi connectivity index (χ2n) is 6.23. The number of hydrogen-bond donors (Lipinski definition) is 0. The maximum Gasteiger partial charge on any atom is 0.0417 e. The van der Waals surface area contributed by atoms with Gasteiger partial charge in [0.05, 0.1) is 0 Å². The average molecular weight is 295 g/mol. The Labute approximate surface area is 133 Å². The summed E-state index contributed by atoms with van der Waals surface area (Å²) >= 11 is 0. The minimum Gasteiger partial charge on any atom is -0.369 e. The maximum absolute atomic E-state index is 4.39. The van der Waals surface area contributed by atoms with Crippen molar-refractivity contribution in [2.75, 3.05) is 31.1 Å². The van der Waals surface area contributed by atoms with Gasteiger partial charge >= 0.3 is 0 Å². The summed E-state index contributed by atoms with van der Waals surface area (Å²) in [6.07, 6.45) is 1.87. The number of nitrogens with zero attached hydrogens (tertiary/aromatic N) is 3. The van der Waals surface area contributed by atoms with E-state index in [1.54, 1.807) is 0 Å². The highest BCUT2D eigenvalue weighted by molar-refractivity contribution is 5.56. The summed E-state index contributed by atoms with van der Waals surface area (Å²) in [7, 11) is 0. The van der Waals surface area contributed by atoms with Crippen LogP contribution in [0.25, 0.3) is 0 Å². The second-order valence-corrected chi connectivity index (χ2v) is 6.23. The third-order valence-corrected chi connectivity index (χ3v) is 4.80. The van der Waals surface area contributed by atoms with Crippen molar-refractivity contribution in [2.24, 2.45) is 0 Å². The molecule has 3 rings (SSSR count). The zero-order valence-corrected chi connectivity index (χ0v) is 13.8. The molecule has 1 fully saturated rings. The van der Waals surface area contributed by atoms with Gasteiger partial charge in [0.25, 0.3) is 0 Å². The third-order valence-electron chi connectivity index (χ3n) is 4.80. The molecule has 1 aliphatic rings. The minimum atomic E-state index is 1.01. The Hall–Kier alpha value is -1.87. The fourth-order valence-electron chi connectivity index (χ4n) is 3.15. The normalized spacial score (nSPS) is 16.0. The van der Waals surface area contributed by atoms with E-state index in [4.69, 9.17) is 0 Å². The van der Waals surface area contributed by atoms with Crippen LogP contribution in [0.4, 0.5) is 5.69 Å². The predicted molar refractivity (Wildman–Crippen MR) is 92.4 cm³/mol. The van der Waals surface area contributed by atoms with Crippen LogP contribution in [0.1, 0.15) is 22.4 Å². The molecule has 0 radical (unpaired) electrons. The fraction of sp³-hybridized carbons (Fsp3) is 0.421. The standard InChI is InChI=1S/C19H25N3/c1-15-6-4-8-19(16(15)2)22-12-10-21(11-13-22)14-18-7-5-9-20-17(18)3/h4-9H,10-14H2,1-3H3. The van der Waals surface area contributed by atoms with Crippen LogP contribution in [-0.2, 0) is 6.54 Å². The van der Waals surface area contributed by atoms with E-state index in [0.717, 1.165) is 38.4 Å². The molecule has 3 nitrogen and oxygen atoms in total. The fourth-order valence-corrected chi connectivity index (χ4v) is 3.15. The van der Waals surface area contributed by atoms with Gasteiger partial charge in [-0.25, -0.2) is 0 Å². The van der Waals surface area contributed by atoms with Crippen molar-refractivity contribution in [3.05, 3.63) is 58.9 Å². The van der Waals surface area contributed by atoms with Gasteiger partial charge in [-0.1, -0.05) is 18.2 Å². The number of hydrogen-bond acceptors (Lipinski definition) is 3. The first-order valence-electron chi connectivity index (χ1n) is 8.09. The molecular formula is C19H25N3. The summed E-state index contributed by atoms with van der Waals surface area (Å²) in [5, 5.41) is 0. The van der Waals surface area contributed by atoms with E-state index in [9.17, 15) is 0 Å². The summed E-state index contributed by atoms with van der Waals surface area (Å²) in [5.41, 5.74) is 6.70. The number of rotatable bonds is 3. The number of piperazine rings is 1. The summed E-state index contributed by atoms with van der Waals surface area (Å²) in [6.45, 7) is 12.0. The topological polar surface area (TPSA) is 19.4 Å². The van der Waals surface area contributed by atoms with Gasteiger partial charge in [-0.15, -0.1) is 0 Å². The van der Waals surface area contributed by atoms with Gasteiger partial charge in [0.1, 0.15) is 0 Å². The average Bonchev–Trinajstić information content (AvgIpc) is 2.53. The smallest absolute Gasteiger partial charge is 0.0417 e. The van der Waals surface area contributed by atoms with Crippen LogP contribution in [0.3, 0.4) is 0 Å². The Morgan fingerprint density at radius 1 is 0.955 bits per heavy atom. The van der Waals surface area contributed by atoms with Gasteiger partial charge in [0.15, 0.2) is 0 Å². The summed E-state index contributed by atoms with van der Waals surface area (Å²) in [6, 6.07) is 10.8. The molecule has 0 bridgehead atoms. The monoisotopic (exact) mass is 295 g/mol. The first kappa shape index (κ1) is 15.0. The van der Waals surface area contributed by atoms with Gasteiger partial charge < -0.3 is 4.90 Å². The molecule has 1 aliphatic heterocycles. The van der Waals surface area contributed by atoms with Crippen molar-refractivity contribution < 1.29 is 0 Å². The molecule has 2 heterocycles. The van der Waals surface area contributed by atoms with Crippen LogP contribution in [0, 0.1) is 20.8 Å². The quantitative estimate of drug-likeness (QED) is 0.866. The molecule has 2 aromatic rings. The Morgan fingerprint density at radius 2 is 1.73 bits per heavy atom. The van der Waals surface area contributed by atoms with Crippen LogP contribution in [0.15, 0.2) is 36.5 Å². The van der Waals surface area contributed by atoms with Crippen molar-refractivity contribution >= 4 is 5.69 Å². The first-order valence-corrected chi connectivity index (χ1v) is 8.09. The molecule has 3 heteroatoms. The molecule has 1 saturated heterocycles. The van der Waals surface area contributed by atoms with Crippen molar-refractivity contribution in [2.45, 2.75) is 27.3 Å². The van der Waals surface area contributed by atoms with E-state index in [2.05, 4.69) is 59.8 Å². The number of anilines is 1. The van der Waals surface area contributed by atoms with Crippen molar-refractivity contribution in [1.82, 2.24) is 9.88 Å². The van der Waals surface area contributed by atoms with Crippen molar-refractivity contribution in [3.8, 4) is 0 Å². The highest BCUT2D eigenvalue weighted by Gasteiger charge is 2.19. The lowest BCUT2D eigenvalue weighted by Gasteiger charge is -2.37. The van der Waals surface area contributed by atoms with Crippen molar-refractivity contribution in [3.63, 3.8) is 0 Å². The maximum atomic E-state index is 4.39. The molecule has 0 atom stereocenters. The molecule has 0 N–H and O–H groups in total. The second kappa shape index (κ2) is 6.49. The summed E-state index contributed by atoms with van der Waals surface area (Å²) in [5.74, 6) is 0. The molecule has 0 spiro atoms. The Morgan fingerprint density at radius 3 is 2.45 bits per heavy atom. The summed E-state index contributed by atoms with van der Waals surface area (Å²) < 4.78 is 0. The molecule has 0 aliphatic carbocycles. The zero-order chi connectivity index (χ0) is 15.5. The zero-order valence-electron chi connectivity index (χ0n) is 13.8. The van der Waals surface area contributed by atoms with Crippen molar-refractivity contribution in [1.29, 1.82) is 0 Å². The van der Waals surface area contributed by atoms with E-state index in [1.165, 1.54) is 22.4 Å². The van der Waals surface area contributed by atoms with Gasteiger partial charge in [-0.05, 0) is 49.6 Å². The number of benzene rings is 1. The molecule has 116 valence electrons. The highest BCUT2D eigenvalue weighted by Crippen LogP contribution is 2.24. The molecule has 0 saturated carbocycles. The van der Waals surface area contributed by atoms with Gasteiger partial charge in [-0.3, -0.25) is 9.88 Å². The van der Waals surface area contributed by atoms with Crippen LogP contribution in [0.2, 0.25) is 0 Å². The van der Waals surface area contributed by atoms with Gasteiger partial charge in [-0.2, -0.15) is 0 Å². The van der Waals surface area contributed by atoms with Crippen LogP contribution in [0.5, 0.6) is 0 Å². The van der Waals surface area contributed by atoms with E-state index in [1.807, 2.05) is 12.3 Å². The lowest BCUT2D eigenvalue weighted by atomic mass is 10.1. The minimum absolute atomic E-state index is 1.01. The van der Waals surface area contributed by atoms with E-state index >= 15 is 0 Å². The van der Waals surface area contributed by atoms with Crippen LogP contribution in [-0.4, -0.2) is 36.1 Å². The number of pyridine rings is 1. The van der Waals surface area contributed by atoms with E-state index in [0.29, 0.717) is 0 Å². The Balaban J connectivity index is 1.63. The van der Waals surface area contributed by atoms with E-state index < -0.39 is 0 Å². The highest BCUT2D eigenvalue weighted by atomic mass is 15.3. The molecule has 1 aromatic heterocycles. The third kappa shape index (κ3) is 3.14. The Bertz CT molecular complexity index is 643. The molecule has 0 unspecified atom stereocenters. The van der Waals surface area contributed by atoms with Crippen LogP contribution >= 0.6 is 0 Å². The summed E-state index contributed by atoms with van der Waals surface area (Å²) in [4.78, 5) is 9.45.